The normalized spacial score (nSPS) is 38.0. The average Bonchev–Trinajstić information content (AvgIpc) is 3.53. The third kappa shape index (κ3) is 10.1. The molecule has 0 aliphatic heterocycles. The number of aliphatic hydroxyl groups excluding tert-OH is 2. The van der Waals surface area contributed by atoms with Crippen molar-refractivity contribution in [3.63, 3.8) is 0 Å². The lowest BCUT2D eigenvalue weighted by atomic mass is 9.31. The molecule has 0 spiro atoms. The molecule has 12 atom stereocenters. The summed E-state index contributed by atoms with van der Waals surface area (Å²) in [6.07, 6.45) is 31.4. The Bertz CT molecular complexity index is 1280. The number of unbranched alkanes of at least 4 members (excludes halogenated alkanes) is 15. The van der Waals surface area contributed by atoms with Crippen LogP contribution in [0.15, 0.2) is 12.2 Å². The maximum absolute atomic E-state index is 13.3. The van der Waals surface area contributed by atoms with E-state index in [2.05, 4.69) is 62.0 Å². The van der Waals surface area contributed by atoms with Gasteiger partial charge in [0.2, 0.25) is 0 Å². The molecule has 5 saturated carbocycles. The van der Waals surface area contributed by atoms with E-state index < -0.39 is 18.4 Å². The first-order valence-electron chi connectivity index (χ1n) is 24.9. The van der Waals surface area contributed by atoms with Crippen LogP contribution in [0.4, 0.5) is 0 Å². The maximum Gasteiger partial charge on any atom is 0.337 e. The molecule has 330 valence electrons. The average molecular weight is 797 g/mol. The zero-order chi connectivity index (χ0) is 41.5. The van der Waals surface area contributed by atoms with Gasteiger partial charge in [-0.05, 0) is 135 Å². The lowest BCUT2D eigenvalue weighted by Crippen LogP contribution is -2.67. The number of ether oxygens (including phenoxy) is 2. The van der Waals surface area contributed by atoms with E-state index in [0.717, 1.165) is 37.5 Å². The number of aliphatic hydroxyl groups is 2. The third-order valence-corrected chi connectivity index (χ3v) is 18.9. The van der Waals surface area contributed by atoms with Gasteiger partial charge in [0.15, 0.2) is 12.4 Å². The second-order valence-electron chi connectivity index (χ2n) is 22.5. The largest absolute Gasteiger partial charge is 0.460 e. The molecule has 5 fully saturated rings. The fourth-order valence-corrected chi connectivity index (χ4v) is 14.9. The van der Waals surface area contributed by atoms with Crippen molar-refractivity contribution in [2.45, 2.75) is 247 Å². The number of allylic oxidation sites excluding steroid dienone is 1. The van der Waals surface area contributed by atoms with Gasteiger partial charge >= 0.3 is 5.97 Å². The van der Waals surface area contributed by atoms with Crippen LogP contribution in [-0.2, 0) is 14.3 Å². The molecule has 5 nitrogen and oxygen atoms in total. The molecule has 0 amide bonds. The maximum atomic E-state index is 13.3. The van der Waals surface area contributed by atoms with Gasteiger partial charge < -0.3 is 19.7 Å². The highest BCUT2D eigenvalue weighted by atomic mass is 16.6. The van der Waals surface area contributed by atoms with Gasteiger partial charge in [-0.3, -0.25) is 0 Å². The summed E-state index contributed by atoms with van der Waals surface area (Å²) < 4.78 is 11.7. The first kappa shape index (κ1) is 47.1. The molecule has 0 aromatic heterocycles. The van der Waals surface area contributed by atoms with Gasteiger partial charge in [-0.2, -0.15) is 0 Å². The van der Waals surface area contributed by atoms with Crippen molar-refractivity contribution in [3.8, 4) is 0 Å². The zero-order valence-electron chi connectivity index (χ0n) is 38.7. The smallest absolute Gasteiger partial charge is 0.337 e. The second-order valence-corrected chi connectivity index (χ2v) is 22.5. The van der Waals surface area contributed by atoms with Crippen molar-refractivity contribution >= 4 is 5.97 Å². The number of carbonyl (C=O) groups excluding carboxylic acids is 1. The minimum atomic E-state index is -1.38. The van der Waals surface area contributed by atoms with E-state index in [1.165, 1.54) is 147 Å². The van der Waals surface area contributed by atoms with E-state index in [0.29, 0.717) is 35.0 Å². The topological polar surface area (TPSA) is 76.0 Å². The van der Waals surface area contributed by atoms with Crippen molar-refractivity contribution in [1.82, 2.24) is 0 Å². The number of fused-ring (bicyclic) bond motifs is 7. The summed E-state index contributed by atoms with van der Waals surface area (Å²) in [5, 5.41) is 21.3. The van der Waals surface area contributed by atoms with Gasteiger partial charge in [0.05, 0.1) is 6.61 Å². The Balaban J connectivity index is 1.00. The summed E-state index contributed by atoms with van der Waals surface area (Å²) >= 11 is 0. The van der Waals surface area contributed by atoms with Gasteiger partial charge in [0, 0.05) is 5.41 Å². The van der Waals surface area contributed by atoms with Crippen LogP contribution in [0.5, 0.6) is 0 Å². The standard InChI is InChI=1S/C52H92O5/c1-10-11-12-13-14-15-16-17-18-19-20-21-22-23-24-25-26-45(54)56-37-43(53)47(55)57-44-28-27-41-40(48(44,4)5)31-34-52(9)50(41,7)33-30-42-46-39(38(2)3)29-32-49(46,6)35-36-51(42,52)8/h39-46,53-54H,2,10-37H2,1,3-9H3/t39-,40?,41?,42?,43?,44-,45?,46?,49+,50-,51+,52+/m0/s1. The molecule has 0 saturated heterocycles. The third-order valence-electron chi connectivity index (χ3n) is 18.9. The fraction of sp³-hybridized carbons (Fsp3) is 0.942. The predicted molar refractivity (Wildman–Crippen MR) is 237 cm³/mol. The molecule has 57 heavy (non-hydrogen) atoms. The van der Waals surface area contributed by atoms with Gasteiger partial charge in [0.1, 0.15) is 6.10 Å². The van der Waals surface area contributed by atoms with Gasteiger partial charge in [-0.25, -0.2) is 4.79 Å². The molecule has 5 rings (SSSR count). The summed E-state index contributed by atoms with van der Waals surface area (Å²) in [6, 6.07) is 0. The zero-order valence-corrected chi connectivity index (χ0v) is 38.7. The van der Waals surface area contributed by atoms with Crippen LogP contribution in [0.3, 0.4) is 0 Å². The van der Waals surface area contributed by atoms with Crippen LogP contribution in [0, 0.1) is 56.7 Å². The van der Waals surface area contributed by atoms with Crippen molar-refractivity contribution in [2.24, 2.45) is 56.7 Å². The Morgan fingerprint density at radius 3 is 1.77 bits per heavy atom. The molecule has 0 radical (unpaired) electrons. The number of hydrogen-bond acceptors (Lipinski definition) is 5. The first-order valence-corrected chi connectivity index (χ1v) is 24.9. The lowest BCUT2D eigenvalue weighted by molar-refractivity contribution is -0.260. The highest BCUT2D eigenvalue weighted by molar-refractivity contribution is 5.74. The fourth-order valence-electron chi connectivity index (χ4n) is 14.9. The monoisotopic (exact) mass is 797 g/mol. The first-order chi connectivity index (χ1) is 27.1. The van der Waals surface area contributed by atoms with Crippen LogP contribution >= 0.6 is 0 Å². The molecule has 0 bridgehead atoms. The van der Waals surface area contributed by atoms with Gasteiger partial charge in [0.25, 0.3) is 0 Å². The Hall–Kier alpha value is -0.910. The summed E-state index contributed by atoms with van der Waals surface area (Å²) in [4.78, 5) is 13.3. The van der Waals surface area contributed by atoms with E-state index in [9.17, 15) is 15.0 Å². The molecule has 5 heteroatoms. The summed E-state index contributed by atoms with van der Waals surface area (Å²) in [7, 11) is 0. The second kappa shape index (κ2) is 20.3. The number of hydrogen-bond donors (Lipinski definition) is 2. The Morgan fingerprint density at radius 1 is 0.649 bits per heavy atom. The molecule has 5 aliphatic rings. The highest BCUT2D eigenvalue weighted by Gasteiger charge is 2.71. The quantitative estimate of drug-likeness (QED) is 0.0466. The van der Waals surface area contributed by atoms with E-state index in [-0.39, 0.29) is 29.0 Å². The summed E-state index contributed by atoms with van der Waals surface area (Å²) in [6.45, 7) is 24.2. The van der Waals surface area contributed by atoms with E-state index in [1.807, 2.05) is 0 Å². The van der Waals surface area contributed by atoms with Gasteiger partial charge in [-0.1, -0.05) is 157 Å². The van der Waals surface area contributed by atoms with Crippen molar-refractivity contribution in [2.75, 3.05) is 6.61 Å². The number of rotatable bonds is 23. The lowest BCUT2D eigenvalue weighted by Gasteiger charge is -2.74. The van der Waals surface area contributed by atoms with E-state index in [4.69, 9.17) is 9.47 Å². The van der Waals surface area contributed by atoms with Crippen LogP contribution in [0.25, 0.3) is 0 Å². The molecular formula is C52H92O5. The Morgan fingerprint density at radius 2 is 1.19 bits per heavy atom. The molecule has 0 heterocycles. The van der Waals surface area contributed by atoms with Crippen LogP contribution < -0.4 is 0 Å². The predicted octanol–water partition coefficient (Wildman–Crippen LogP) is 13.9. The molecule has 6 unspecified atom stereocenters. The number of esters is 1. The van der Waals surface area contributed by atoms with E-state index in [1.54, 1.807) is 0 Å². The van der Waals surface area contributed by atoms with Crippen molar-refractivity contribution in [1.29, 1.82) is 0 Å². The van der Waals surface area contributed by atoms with E-state index >= 15 is 0 Å². The Labute approximate surface area is 352 Å². The molecular weight excluding hydrogens is 705 g/mol. The van der Waals surface area contributed by atoms with Gasteiger partial charge in [-0.15, -0.1) is 0 Å². The van der Waals surface area contributed by atoms with Crippen molar-refractivity contribution in [3.05, 3.63) is 12.2 Å². The van der Waals surface area contributed by atoms with Crippen LogP contribution in [-0.4, -0.2) is 41.3 Å². The van der Waals surface area contributed by atoms with Crippen molar-refractivity contribution < 1.29 is 24.5 Å². The molecule has 2 N–H and O–H groups in total. The molecule has 0 aromatic carbocycles. The Kier molecular flexibility index (Phi) is 16.8. The molecule has 0 aromatic rings. The van der Waals surface area contributed by atoms with Crippen LogP contribution in [0.2, 0.25) is 0 Å². The van der Waals surface area contributed by atoms with Crippen LogP contribution in [0.1, 0.15) is 229 Å². The highest BCUT2D eigenvalue weighted by Crippen LogP contribution is 2.78. The summed E-state index contributed by atoms with van der Waals surface area (Å²) in [5.41, 5.74) is 2.60. The minimum absolute atomic E-state index is 0.171. The number of carbonyl (C=O) groups is 1. The molecule has 5 aliphatic carbocycles. The SMILES string of the molecule is C=C(C)[C@@H]1CC[C@]2(C)CC[C@]3(C)C(CC[C@@]4(C)C5CC[C@H](OC(=O)C(O)COC(O)CCCCCCCCCCCCCCCCCC)C(C)(C)C5CC[C@]43C)C12. The minimum Gasteiger partial charge on any atom is -0.460 e. The summed E-state index contributed by atoms with van der Waals surface area (Å²) in [5.74, 6) is 2.73.